The molecule has 1 aromatic carbocycles. The van der Waals surface area contributed by atoms with Gasteiger partial charge in [0.15, 0.2) is 0 Å². The third kappa shape index (κ3) is 4.07. The van der Waals surface area contributed by atoms with Crippen LogP contribution in [0.3, 0.4) is 0 Å². The molecule has 1 heterocycles. The van der Waals surface area contributed by atoms with E-state index in [-0.39, 0.29) is 17.7 Å². The predicted octanol–water partition coefficient (Wildman–Crippen LogP) is 3.57. The van der Waals surface area contributed by atoms with Crippen LogP contribution in [-0.4, -0.2) is 18.0 Å². The maximum absolute atomic E-state index is 12.2. The van der Waals surface area contributed by atoms with Gasteiger partial charge in [-0.15, -0.1) is 0 Å². The van der Waals surface area contributed by atoms with Crippen LogP contribution in [0.15, 0.2) is 42.7 Å². The molecule has 0 aliphatic rings. The summed E-state index contributed by atoms with van der Waals surface area (Å²) in [7, 11) is 1.62. The fraction of sp³-hybridized carbons (Fsp3) is 0.333. The van der Waals surface area contributed by atoms with Gasteiger partial charge in [-0.05, 0) is 29.2 Å². The van der Waals surface area contributed by atoms with Gasteiger partial charge < -0.3 is 10.1 Å². The van der Waals surface area contributed by atoms with E-state index in [0.717, 1.165) is 17.0 Å². The molecule has 0 radical (unpaired) electrons. The maximum Gasteiger partial charge on any atom is 0.228 e. The van der Waals surface area contributed by atoms with Gasteiger partial charge in [-0.3, -0.25) is 9.78 Å². The molecule has 4 nitrogen and oxygen atoms in total. The van der Waals surface area contributed by atoms with Gasteiger partial charge in [0.1, 0.15) is 5.75 Å². The summed E-state index contributed by atoms with van der Waals surface area (Å²) in [6.45, 7) is 6.45. The number of hydrogen-bond donors (Lipinski definition) is 1. The zero-order valence-electron chi connectivity index (χ0n) is 13.5. The second-order valence-electron chi connectivity index (χ2n) is 6.24. The molecule has 22 heavy (non-hydrogen) atoms. The van der Waals surface area contributed by atoms with Crippen LogP contribution in [0.25, 0.3) is 0 Å². The van der Waals surface area contributed by atoms with E-state index in [0.29, 0.717) is 0 Å². The van der Waals surface area contributed by atoms with Crippen molar-refractivity contribution in [3.63, 3.8) is 0 Å². The van der Waals surface area contributed by atoms with Crippen molar-refractivity contribution in [1.29, 1.82) is 0 Å². The van der Waals surface area contributed by atoms with Crippen molar-refractivity contribution in [2.45, 2.75) is 32.6 Å². The van der Waals surface area contributed by atoms with Gasteiger partial charge in [0.05, 0.1) is 13.5 Å². The first-order chi connectivity index (χ1) is 10.4. The van der Waals surface area contributed by atoms with Gasteiger partial charge in [0, 0.05) is 23.6 Å². The Hall–Kier alpha value is -2.36. The minimum atomic E-state index is -0.0736. The molecule has 0 unspecified atom stereocenters. The smallest absolute Gasteiger partial charge is 0.228 e. The van der Waals surface area contributed by atoms with Crippen molar-refractivity contribution in [3.8, 4) is 5.75 Å². The molecule has 0 aliphatic carbocycles. The third-order valence-corrected chi connectivity index (χ3v) is 3.46. The highest BCUT2D eigenvalue weighted by Gasteiger charge is 2.17. The Morgan fingerprint density at radius 2 is 1.86 bits per heavy atom. The number of carbonyl (C=O) groups is 1. The fourth-order valence-electron chi connectivity index (χ4n) is 2.20. The number of pyridine rings is 1. The molecule has 2 rings (SSSR count). The van der Waals surface area contributed by atoms with Crippen molar-refractivity contribution in [2.24, 2.45) is 0 Å². The molecule has 0 saturated heterocycles. The van der Waals surface area contributed by atoms with Crippen LogP contribution < -0.4 is 10.1 Å². The minimum Gasteiger partial charge on any atom is -0.496 e. The van der Waals surface area contributed by atoms with Crippen LogP contribution in [0, 0.1) is 0 Å². The first kappa shape index (κ1) is 16.0. The molecule has 0 atom stereocenters. The Balaban J connectivity index is 2.18. The molecule has 1 amide bonds. The van der Waals surface area contributed by atoms with Crippen molar-refractivity contribution >= 4 is 11.6 Å². The number of aromatic nitrogens is 1. The van der Waals surface area contributed by atoms with Crippen molar-refractivity contribution in [2.75, 3.05) is 12.4 Å². The number of benzene rings is 1. The van der Waals surface area contributed by atoms with Gasteiger partial charge in [0.2, 0.25) is 5.91 Å². The lowest BCUT2D eigenvalue weighted by atomic mass is 9.85. The lowest BCUT2D eigenvalue weighted by Crippen LogP contribution is -2.16. The highest BCUT2D eigenvalue weighted by atomic mass is 16.5. The molecule has 116 valence electrons. The van der Waals surface area contributed by atoms with Gasteiger partial charge in [-0.2, -0.15) is 0 Å². The van der Waals surface area contributed by atoms with E-state index < -0.39 is 0 Å². The Morgan fingerprint density at radius 3 is 2.45 bits per heavy atom. The number of ether oxygens (including phenoxy) is 1. The van der Waals surface area contributed by atoms with E-state index in [1.807, 2.05) is 18.2 Å². The highest BCUT2D eigenvalue weighted by Crippen LogP contribution is 2.28. The molecule has 1 N–H and O–H groups in total. The quantitative estimate of drug-likeness (QED) is 0.939. The van der Waals surface area contributed by atoms with Crippen LogP contribution in [0.2, 0.25) is 0 Å². The average Bonchev–Trinajstić information content (AvgIpc) is 2.47. The fourth-order valence-corrected chi connectivity index (χ4v) is 2.20. The summed E-state index contributed by atoms with van der Waals surface area (Å²) in [5.41, 5.74) is 2.84. The molecular formula is C18H22N2O2. The largest absolute Gasteiger partial charge is 0.496 e. The van der Waals surface area contributed by atoms with E-state index in [9.17, 15) is 4.79 Å². The molecule has 0 fully saturated rings. The van der Waals surface area contributed by atoms with E-state index in [1.54, 1.807) is 31.6 Å². The van der Waals surface area contributed by atoms with Crippen LogP contribution in [0.1, 0.15) is 31.9 Å². The van der Waals surface area contributed by atoms with Crippen molar-refractivity contribution < 1.29 is 9.53 Å². The molecular weight excluding hydrogens is 276 g/mol. The molecule has 0 bridgehead atoms. The summed E-state index contributed by atoms with van der Waals surface area (Å²) in [5.74, 6) is 0.661. The lowest BCUT2D eigenvalue weighted by Gasteiger charge is -2.21. The molecule has 1 aromatic heterocycles. The van der Waals surface area contributed by atoms with Crippen molar-refractivity contribution in [1.82, 2.24) is 4.98 Å². The van der Waals surface area contributed by atoms with Gasteiger partial charge >= 0.3 is 0 Å². The normalized spacial score (nSPS) is 11.1. The topological polar surface area (TPSA) is 51.2 Å². The second kappa shape index (κ2) is 6.60. The van der Waals surface area contributed by atoms with E-state index in [2.05, 4.69) is 31.1 Å². The van der Waals surface area contributed by atoms with E-state index in [1.165, 1.54) is 5.56 Å². The predicted molar refractivity (Wildman–Crippen MR) is 88.3 cm³/mol. The van der Waals surface area contributed by atoms with Crippen LogP contribution >= 0.6 is 0 Å². The molecule has 4 heteroatoms. The number of rotatable bonds is 4. The number of nitrogens with one attached hydrogen (secondary N) is 1. The Morgan fingerprint density at radius 1 is 1.18 bits per heavy atom. The van der Waals surface area contributed by atoms with E-state index in [4.69, 9.17) is 4.74 Å². The number of nitrogens with zero attached hydrogens (tertiary/aromatic N) is 1. The van der Waals surface area contributed by atoms with Crippen LogP contribution in [0.4, 0.5) is 5.69 Å². The molecule has 0 saturated carbocycles. The van der Waals surface area contributed by atoms with Gasteiger partial charge in [0.25, 0.3) is 0 Å². The molecule has 0 spiro atoms. The minimum absolute atomic E-state index is 0.0304. The first-order valence-electron chi connectivity index (χ1n) is 7.27. The van der Waals surface area contributed by atoms with E-state index >= 15 is 0 Å². The lowest BCUT2D eigenvalue weighted by molar-refractivity contribution is -0.115. The highest BCUT2D eigenvalue weighted by molar-refractivity contribution is 5.92. The summed E-state index contributed by atoms with van der Waals surface area (Å²) < 4.78 is 5.37. The van der Waals surface area contributed by atoms with Crippen molar-refractivity contribution in [3.05, 3.63) is 53.9 Å². The SMILES string of the molecule is COc1ccc(C(C)(C)C)cc1CC(=O)Nc1ccncc1. The average molecular weight is 298 g/mol. The standard InChI is InChI=1S/C18H22N2O2/c1-18(2,3)14-5-6-16(22-4)13(11-14)12-17(21)20-15-7-9-19-10-8-15/h5-11H,12H2,1-4H3,(H,19,20,21). The summed E-state index contributed by atoms with van der Waals surface area (Å²) in [6.07, 6.45) is 3.57. The van der Waals surface area contributed by atoms with Crippen LogP contribution in [0.5, 0.6) is 5.75 Å². The summed E-state index contributed by atoms with van der Waals surface area (Å²) in [4.78, 5) is 16.2. The number of hydrogen-bond acceptors (Lipinski definition) is 3. The summed E-state index contributed by atoms with van der Waals surface area (Å²) >= 11 is 0. The Kier molecular flexibility index (Phi) is 4.81. The molecule has 2 aromatic rings. The summed E-state index contributed by atoms with van der Waals surface area (Å²) in [5, 5.41) is 2.87. The number of methoxy groups -OCH3 is 1. The first-order valence-corrected chi connectivity index (χ1v) is 7.27. The summed E-state index contributed by atoms with van der Waals surface area (Å²) in [6, 6.07) is 9.55. The Bertz CT molecular complexity index is 646. The Labute approximate surface area is 131 Å². The third-order valence-electron chi connectivity index (χ3n) is 3.46. The molecule has 0 aliphatic heterocycles. The zero-order chi connectivity index (χ0) is 16.2. The monoisotopic (exact) mass is 298 g/mol. The number of carbonyl (C=O) groups excluding carboxylic acids is 1. The van der Waals surface area contributed by atoms with Gasteiger partial charge in [-0.1, -0.05) is 32.9 Å². The zero-order valence-corrected chi connectivity index (χ0v) is 13.5. The second-order valence-corrected chi connectivity index (χ2v) is 6.24. The van der Waals surface area contributed by atoms with Gasteiger partial charge in [-0.25, -0.2) is 0 Å². The number of anilines is 1. The number of amides is 1. The maximum atomic E-state index is 12.2. The van der Waals surface area contributed by atoms with Crippen LogP contribution in [-0.2, 0) is 16.6 Å².